The Balaban J connectivity index is 1.61. The topological polar surface area (TPSA) is 56.8 Å². The van der Waals surface area contributed by atoms with Gasteiger partial charge in [0.2, 0.25) is 5.95 Å². The van der Waals surface area contributed by atoms with Crippen LogP contribution in [0.15, 0.2) is 15.2 Å². The standard InChI is InChI=1S/C13H16BrN5S/c14-11-4-9(7-20-11)12-16-13(18-17-12)19-3-1-2-8-5-15-6-10(8)19/h4,7-8,10,15H,1-3,5-6H2,(H,16,17,18). The smallest absolute Gasteiger partial charge is 0.245 e. The number of hydrogen-bond donors (Lipinski definition) is 2. The maximum atomic E-state index is 4.70. The molecule has 2 N–H and O–H groups in total. The van der Waals surface area contributed by atoms with Crippen LogP contribution >= 0.6 is 27.3 Å². The number of H-pyrrole nitrogens is 1. The molecular formula is C13H16BrN5S. The van der Waals surface area contributed by atoms with Crippen molar-refractivity contribution in [1.82, 2.24) is 20.5 Å². The summed E-state index contributed by atoms with van der Waals surface area (Å²) < 4.78 is 1.11. The molecule has 2 saturated heterocycles. The molecule has 20 heavy (non-hydrogen) atoms. The minimum absolute atomic E-state index is 0.557. The Labute approximate surface area is 129 Å². The van der Waals surface area contributed by atoms with E-state index in [2.05, 4.69) is 47.8 Å². The van der Waals surface area contributed by atoms with Gasteiger partial charge in [0, 0.05) is 36.6 Å². The van der Waals surface area contributed by atoms with Gasteiger partial charge in [-0.15, -0.1) is 16.4 Å². The third-order valence-corrected chi connectivity index (χ3v) is 5.75. The van der Waals surface area contributed by atoms with E-state index >= 15 is 0 Å². The van der Waals surface area contributed by atoms with Gasteiger partial charge in [0.25, 0.3) is 0 Å². The van der Waals surface area contributed by atoms with Crippen molar-refractivity contribution in [3.63, 3.8) is 0 Å². The van der Waals surface area contributed by atoms with Crippen molar-refractivity contribution in [3.8, 4) is 11.4 Å². The Morgan fingerprint density at radius 3 is 3.20 bits per heavy atom. The van der Waals surface area contributed by atoms with E-state index in [4.69, 9.17) is 4.98 Å². The van der Waals surface area contributed by atoms with Crippen LogP contribution in [-0.4, -0.2) is 40.9 Å². The Hall–Kier alpha value is -0.920. The maximum Gasteiger partial charge on any atom is 0.245 e. The van der Waals surface area contributed by atoms with Crippen LogP contribution < -0.4 is 10.2 Å². The quantitative estimate of drug-likeness (QED) is 0.870. The molecule has 2 atom stereocenters. The third-order valence-electron chi connectivity index (χ3n) is 4.25. The first-order valence-electron chi connectivity index (χ1n) is 6.95. The normalized spacial score (nSPS) is 25.9. The second-order valence-corrected chi connectivity index (χ2v) is 7.74. The molecular weight excluding hydrogens is 338 g/mol. The van der Waals surface area contributed by atoms with Gasteiger partial charge in [-0.25, -0.2) is 0 Å². The summed E-state index contributed by atoms with van der Waals surface area (Å²) in [5.41, 5.74) is 1.10. The lowest BCUT2D eigenvalue weighted by atomic mass is 9.92. The van der Waals surface area contributed by atoms with Crippen LogP contribution in [0.5, 0.6) is 0 Å². The second kappa shape index (κ2) is 5.13. The summed E-state index contributed by atoms with van der Waals surface area (Å²) in [4.78, 5) is 7.07. The van der Waals surface area contributed by atoms with Crippen molar-refractivity contribution in [3.05, 3.63) is 15.2 Å². The van der Waals surface area contributed by atoms with Crippen LogP contribution in [0, 0.1) is 5.92 Å². The summed E-state index contributed by atoms with van der Waals surface area (Å²) in [6.07, 6.45) is 2.56. The molecule has 0 amide bonds. The van der Waals surface area contributed by atoms with E-state index < -0.39 is 0 Å². The minimum Gasteiger partial charge on any atom is -0.335 e. The van der Waals surface area contributed by atoms with Crippen molar-refractivity contribution in [2.75, 3.05) is 24.5 Å². The zero-order valence-corrected chi connectivity index (χ0v) is 13.4. The second-order valence-electron chi connectivity index (χ2n) is 5.44. The van der Waals surface area contributed by atoms with Crippen molar-refractivity contribution in [2.24, 2.45) is 5.92 Å². The predicted octanol–water partition coefficient (Wildman–Crippen LogP) is 2.48. The molecule has 4 rings (SSSR count). The number of fused-ring (bicyclic) bond motifs is 1. The number of aromatic nitrogens is 3. The lowest BCUT2D eigenvalue weighted by Gasteiger charge is -2.36. The third kappa shape index (κ3) is 2.17. The van der Waals surface area contributed by atoms with Crippen molar-refractivity contribution in [2.45, 2.75) is 18.9 Å². The summed E-state index contributed by atoms with van der Waals surface area (Å²) in [6.45, 7) is 3.25. The lowest BCUT2D eigenvalue weighted by Crippen LogP contribution is -2.45. The van der Waals surface area contributed by atoms with Crippen molar-refractivity contribution >= 4 is 33.2 Å². The largest absolute Gasteiger partial charge is 0.335 e. The molecule has 0 radical (unpaired) electrons. The Morgan fingerprint density at radius 2 is 2.35 bits per heavy atom. The van der Waals surface area contributed by atoms with Crippen molar-refractivity contribution < 1.29 is 0 Å². The lowest BCUT2D eigenvalue weighted by molar-refractivity contribution is 0.381. The Kier molecular flexibility index (Phi) is 3.28. The first-order valence-corrected chi connectivity index (χ1v) is 8.63. The molecule has 0 bridgehead atoms. The van der Waals surface area contributed by atoms with E-state index in [1.807, 2.05) is 0 Å². The van der Waals surface area contributed by atoms with E-state index in [-0.39, 0.29) is 0 Å². The van der Waals surface area contributed by atoms with Crippen LogP contribution in [0.25, 0.3) is 11.4 Å². The van der Waals surface area contributed by atoms with Gasteiger partial charge in [-0.3, -0.25) is 5.10 Å². The number of thiophene rings is 1. The molecule has 2 aliphatic rings. The molecule has 2 aliphatic heterocycles. The fraction of sp³-hybridized carbons (Fsp3) is 0.538. The van der Waals surface area contributed by atoms with Gasteiger partial charge in [0.05, 0.1) is 3.79 Å². The van der Waals surface area contributed by atoms with Crippen LogP contribution in [0.4, 0.5) is 5.95 Å². The number of hydrogen-bond acceptors (Lipinski definition) is 5. The van der Waals surface area contributed by atoms with E-state index in [9.17, 15) is 0 Å². The zero-order valence-electron chi connectivity index (χ0n) is 11.0. The average Bonchev–Trinajstić information content (AvgIpc) is 3.17. The van der Waals surface area contributed by atoms with Gasteiger partial charge >= 0.3 is 0 Å². The maximum absolute atomic E-state index is 4.70. The minimum atomic E-state index is 0.557. The SMILES string of the molecule is Brc1cc(-c2nc(N3CCCC4CNCC43)n[nH]2)cs1. The zero-order chi connectivity index (χ0) is 13.5. The van der Waals surface area contributed by atoms with Gasteiger partial charge in [-0.2, -0.15) is 4.98 Å². The van der Waals surface area contributed by atoms with Crippen molar-refractivity contribution in [1.29, 1.82) is 0 Å². The van der Waals surface area contributed by atoms with Gasteiger partial charge < -0.3 is 10.2 Å². The van der Waals surface area contributed by atoms with E-state index in [1.54, 1.807) is 11.3 Å². The van der Waals surface area contributed by atoms with E-state index in [0.717, 1.165) is 46.7 Å². The first-order chi connectivity index (χ1) is 9.81. The number of aromatic amines is 1. The molecule has 0 saturated carbocycles. The van der Waals surface area contributed by atoms with Gasteiger partial charge in [0.15, 0.2) is 5.82 Å². The summed E-state index contributed by atoms with van der Waals surface area (Å²) in [7, 11) is 0. The molecule has 7 heteroatoms. The molecule has 106 valence electrons. The molecule has 4 heterocycles. The molecule has 2 fully saturated rings. The summed E-state index contributed by atoms with van der Waals surface area (Å²) in [5.74, 6) is 2.46. The molecule has 0 spiro atoms. The summed E-state index contributed by atoms with van der Waals surface area (Å²) in [5, 5.41) is 13.1. The monoisotopic (exact) mass is 353 g/mol. The molecule has 2 aromatic heterocycles. The first kappa shape index (κ1) is 12.8. The van der Waals surface area contributed by atoms with E-state index in [1.165, 1.54) is 12.8 Å². The summed E-state index contributed by atoms with van der Waals surface area (Å²) in [6, 6.07) is 2.63. The molecule has 2 unspecified atom stereocenters. The van der Waals surface area contributed by atoms with Gasteiger partial charge in [0.1, 0.15) is 0 Å². The highest BCUT2D eigenvalue weighted by Gasteiger charge is 2.36. The number of anilines is 1. The number of rotatable bonds is 2. The fourth-order valence-electron chi connectivity index (χ4n) is 3.26. The number of nitrogens with one attached hydrogen (secondary N) is 2. The number of nitrogens with zero attached hydrogens (tertiary/aromatic N) is 3. The molecule has 2 aromatic rings. The predicted molar refractivity (Wildman–Crippen MR) is 84.1 cm³/mol. The van der Waals surface area contributed by atoms with E-state index in [0.29, 0.717) is 6.04 Å². The van der Waals surface area contributed by atoms with Gasteiger partial charge in [-0.1, -0.05) is 0 Å². The Bertz CT molecular complexity index is 609. The van der Waals surface area contributed by atoms with Crippen LogP contribution in [-0.2, 0) is 0 Å². The van der Waals surface area contributed by atoms with Crippen LogP contribution in [0.1, 0.15) is 12.8 Å². The van der Waals surface area contributed by atoms with Crippen LogP contribution in [0.3, 0.4) is 0 Å². The summed E-state index contributed by atoms with van der Waals surface area (Å²) >= 11 is 5.15. The van der Waals surface area contributed by atoms with Crippen LogP contribution in [0.2, 0.25) is 0 Å². The number of halogens is 1. The number of piperidine rings is 1. The molecule has 0 aromatic carbocycles. The molecule has 0 aliphatic carbocycles. The molecule has 5 nitrogen and oxygen atoms in total. The van der Waals surface area contributed by atoms with Gasteiger partial charge in [-0.05, 0) is 40.8 Å². The average molecular weight is 354 g/mol. The highest BCUT2D eigenvalue weighted by Crippen LogP contribution is 2.31. The highest BCUT2D eigenvalue weighted by atomic mass is 79.9. The Morgan fingerprint density at radius 1 is 1.40 bits per heavy atom. The highest BCUT2D eigenvalue weighted by molar-refractivity contribution is 9.11. The fourth-order valence-corrected chi connectivity index (χ4v) is 4.40.